The summed E-state index contributed by atoms with van der Waals surface area (Å²) in [5.41, 5.74) is 3.88. The molecule has 9 heteroatoms. The highest BCUT2D eigenvalue weighted by atomic mass is 19.4. The normalized spacial score (nSPS) is 20.9. The summed E-state index contributed by atoms with van der Waals surface area (Å²) in [5, 5.41) is 8.80. The maximum absolute atomic E-state index is 14.5. The standard InChI is InChI=1S/C21H14F5N3O/c22-12-20(10-18(21(24,25)26)29-19(28)30-20)16-9-14(7-8-17(16)23)4-1-13-2-5-15(11-27)6-3-13/h2-3,5-9,18H,10,12H2,(H2,28,29)/t18-,20+/m0/s1. The van der Waals surface area contributed by atoms with Gasteiger partial charge in [0, 0.05) is 23.1 Å². The van der Waals surface area contributed by atoms with Crippen LogP contribution in [-0.2, 0) is 10.3 Å². The number of ether oxygens (including phenoxy) is 1. The molecule has 1 aliphatic heterocycles. The van der Waals surface area contributed by atoms with E-state index in [4.69, 9.17) is 15.7 Å². The van der Waals surface area contributed by atoms with Crippen molar-refractivity contribution in [3.8, 4) is 17.9 Å². The number of nitrogens with zero attached hydrogens (tertiary/aromatic N) is 2. The van der Waals surface area contributed by atoms with Crippen LogP contribution in [0.1, 0.15) is 28.7 Å². The minimum absolute atomic E-state index is 0.233. The van der Waals surface area contributed by atoms with Crippen LogP contribution in [0.15, 0.2) is 47.5 Å². The van der Waals surface area contributed by atoms with Gasteiger partial charge in [-0.15, -0.1) is 0 Å². The Morgan fingerprint density at radius 2 is 1.70 bits per heavy atom. The average molecular weight is 419 g/mol. The maximum Gasteiger partial charge on any atom is 0.411 e. The molecule has 3 rings (SSSR count). The fraction of sp³-hybridized carbons (Fsp3) is 0.238. The van der Waals surface area contributed by atoms with Crippen molar-refractivity contribution in [2.24, 2.45) is 10.7 Å². The van der Waals surface area contributed by atoms with Crippen molar-refractivity contribution in [1.82, 2.24) is 0 Å². The van der Waals surface area contributed by atoms with E-state index in [-0.39, 0.29) is 5.56 Å². The van der Waals surface area contributed by atoms with Gasteiger partial charge in [0.15, 0.2) is 11.6 Å². The van der Waals surface area contributed by atoms with E-state index in [1.807, 2.05) is 6.07 Å². The van der Waals surface area contributed by atoms with Gasteiger partial charge in [0.25, 0.3) is 6.02 Å². The summed E-state index contributed by atoms with van der Waals surface area (Å²) in [5.74, 6) is 4.58. The number of aliphatic imine (C=N–C) groups is 1. The third-order valence-corrected chi connectivity index (χ3v) is 4.52. The summed E-state index contributed by atoms with van der Waals surface area (Å²) in [4.78, 5) is 3.17. The molecule has 0 aromatic heterocycles. The lowest BCUT2D eigenvalue weighted by Gasteiger charge is -2.38. The SMILES string of the molecule is N#Cc1ccc(C#Cc2ccc(F)c([C@]3(CF)C[C@@H](C(F)(F)F)N=C(N)O3)c2)cc1. The summed E-state index contributed by atoms with van der Waals surface area (Å²) in [6, 6.07) is 8.53. The van der Waals surface area contributed by atoms with Crippen LogP contribution in [0.2, 0.25) is 0 Å². The van der Waals surface area contributed by atoms with E-state index < -0.39 is 48.3 Å². The van der Waals surface area contributed by atoms with Crippen LogP contribution >= 0.6 is 0 Å². The third kappa shape index (κ3) is 4.36. The van der Waals surface area contributed by atoms with E-state index in [1.54, 1.807) is 24.3 Å². The number of hydrogen-bond acceptors (Lipinski definition) is 4. The lowest BCUT2D eigenvalue weighted by atomic mass is 9.86. The molecule has 2 aromatic carbocycles. The van der Waals surface area contributed by atoms with Gasteiger partial charge in [-0.05, 0) is 42.5 Å². The fourth-order valence-corrected chi connectivity index (χ4v) is 3.01. The Morgan fingerprint density at radius 1 is 1.10 bits per heavy atom. The molecule has 4 nitrogen and oxygen atoms in total. The van der Waals surface area contributed by atoms with Crippen molar-refractivity contribution >= 4 is 6.02 Å². The van der Waals surface area contributed by atoms with Gasteiger partial charge in [0.1, 0.15) is 12.5 Å². The van der Waals surface area contributed by atoms with Crippen LogP contribution in [0.5, 0.6) is 0 Å². The molecule has 2 N–H and O–H groups in total. The van der Waals surface area contributed by atoms with Crippen molar-refractivity contribution in [3.63, 3.8) is 0 Å². The molecule has 154 valence electrons. The highest BCUT2D eigenvalue weighted by Crippen LogP contribution is 2.41. The number of hydrogen-bond donors (Lipinski definition) is 1. The molecule has 0 saturated heterocycles. The highest BCUT2D eigenvalue weighted by molar-refractivity contribution is 5.73. The first-order valence-corrected chi connectivity index (χ1v) is 8.64. The Bertz CT molecular complexity index is 1080. The van der Waals surface area contributed by atoms with Crippen LogP contribution in [0.3, 0.4) is 0 Å². The van der Waals surface area contributed by atoms with Crippen molar-refractivity contribution in [3.05, 3.63) is 70.5 Å². The quantitative estimate of drug-likeness (QED) is 0.592. The lowest BCUT2D eigenvalue weighted by Crippen LogP contribution is -2.48. The van der Waals surface area contributed by atoms with Gasteiger partial charge in [-0.1, -0.05) is 11.8 Å². The van der Waals surface area contributed by atoms with Crippen LogP contribution in [0.4, 0.5) is 22.0 Å². The molecule has 2 atom stereocenters. The molecule has 1 heterocycles. The van der Waals surface area contributed by atoms with Crippen LogP contribution in [-0.4, -0.2) is 24.9 Å². The van der Waals surface area contributed by atoms with Crippen LogP contribution < -0.4 is 5.73 Å². The number of nitriles is 1. The molecule has 30 heavy (non-hydrogen) atoms. The van der Waals surface area contributed by atoms with E-state index in [2.05, 4.69) is 16.8 Å². The lowest BCUT2D eigenvalue weighted by molar-refractivity contribution is -0.167. The summed E-state index contributed by atoms with van der Waals surface area (Å²) >= 11 is 0. The first kappa shape index (κ1) is 21.1. The average Bonchev–Trinajstić information content (AvgIpc) is 2.72. The Balaban J connectivity index is 1.99. The number of nitrogens with two attached hydrogens (primary N) is 1. The number of amidine groups is 1. The molecule has 1 aliphatic rings. The Labute approximate surface area is 168 Å². The summed E-state index contributed by atoms with van der Waals surface area (Å²) in [6.45, 7) is -1.45. The van der Waals surface area contributed by atoms with Gasteiger partial charge >= 0.3 is 6.18 Å². The second kappa shape index (κ2) is 8.03. The molecule has 2 aromatic rings. The topological polar surface area (TPSA) is 71.4 Å². The molecular weight excluding hydrogens is 405 g/mol. The van der Waals surface area contributed by atoms with Gasteiger partial charge in [-0.25, -0.2) is 13.8 Å². The monoisotopic (exact) mass is 419 g/mol. The minimum Gasteiger partial charge on any atom is -0.451 e. The third-order valence-electron chi connectivity index (χ3n) is 4.52. The van der Waals surface area contributed by atoms with Crippen LogP contribution in [0.25, 0.3) is 0 Å². The largest absolute Gasteiger partial charge is 0.451 e. The molecule has 0 amide bonds. The van der Waals surface area contributed by atoms with Crippen molar-refractivity contribution in [2.45, 2.75) is 24.2 Å². The summed E-state index contributed by atoms with van der Waals surface area (Å²) in [6.07, 6.45) is -5.75. The zero-order chi connectivity index (χ0) is 21.9. The van der Waals surface area contributed by atoms with Gasteiger partial charge in [-0.2, -0.15) is 18.4 Å². The van der Waals surface area contributed by atoms with E-state index in [0.29, 0.717) is 11.1 Å². The first-order chi connectivity index (χ1) is 14.2. The summed E-state index contributed by atoms with van der Waals surface area (Å²) in [7, 11) is 0. The number of halogens is 5. The zero-order valence-corrected chi connectivity index (χ0v) is 15.3. The smallest absolute Gasteiger partial charge is 0.411 e. The molecule has 0 fully saturated rings. The van der Waals surface area contributed by atoms with Gasteiger partial charge < -0.3 is 10.5 Å². The Kier molecular flexibility index (Phi) is 5.66. The molecule has 0 saturated carbocycles. The number of rotatable bonds is 2. The highest BCUT2D eigenvalue weighted by Gasteiger charge is 2.52. The van der Waals surface area contributed by atoms with E-state index in [9.17, 15) is 22.0 Å². The molecule has 0 radical (unpaired) electrons. The maximum atomic E-state index is 14.5. The second-order valence-corrected chi connectivity index (χ2v) is 6.59. The first-order valence-electron chi connectivity index (χ1n) is 8.64. The van der Waals surface area contributed by atoms with Gasteiger partial charge in [0.2, 0.25) is 0 Å². The van der Waals surface area contributed by atoms with Crippen molar-refractivity contribution < 1.29 is 26.7 Å². The minimum atomic E-state index is -4.79. The van der Waals surface area contributed by atoms with E-state index >= 15 is 0 Å². The predicted molar refractivity (Wildman–Crippen MR) is 98.4 cm³/mol. The van der Waals surface area contributed by atoms with Crippen LogP contribution in [0, 0.1) is 29.0 Å². The molecular formula is C21H14F5N3O. The van der Waals surface area contributed by atoms with Gasteiger partial charge in [0.05, 0.1) is 11.6 Å². The molecule has 0 aliphatic carbocycles. The molecule has 0 bridgehead atoms. The number of alkyl halides is 4. The van der Waals surface area contributed by atoms with Crippen molar-refractivity contribution in [1.29, 1.82) is 5.26 Å². The van der Waals surface area contributed by atoms with E-state index in [1.165, 1.54) is 6.07 Å². The number of benzene rings is 2. The molecule has 0 unspecified atom stereocenters. The fourth-order valence-electron chi connectivity index (χ4n) is 3.01. The van der Waals surface area contributed by atoms with Gasteiger partial charge in [-0.3, -0.25) is 0 Å². The second-order valence-electron chi connectivity index (χ2n) is 6.59. The summed E-state index contributed by atoms with van der Waals surface area (Å²) < 4.78 is 73.1. The Hall–Kier alpha value is -3.59. The molecule has 0 spiro atoms. The zero-order valence-electron chi connectivity index (χ0n) is 15.3. The predicted octanol–water partition coefficient (Wildman–Crippen LogP) is 3.93. The Morgan fingerprint density at radius 3 is 2.30 bits per heavy atom. The van der Waals surface area contributed by atoms with Crippen molar-refractivity contribution in [2.75, 3.05) is 6.67 Å². The van der Waals surface area contributed by atoms with E-state index in [0.717, 1.165) is 12.1 Å².